The zero-order chi connectivity index (χ0) is 12.7. The number of carbonyl (C=O) groups excluding carboxylic acids is 1. The maximum atomic E-state index is 11.2. The Morgan fingerprint density at radius 1 is 1.41 bits per heavy atom. The summed E-state index contributed by atoms with van der Waals surface area (Å²) in [4.78, 5) is 19.1. The van der Waals surface area contributed by atoms with Crippen LogP contribution in [0.2, 0.25) is 0 Å². The second kappa shape index (κ2) is 5.85. The molecule has 0 fully saturated rings. The SMILES string of the molecule is CC(C)(C)OC(=O)NCC#Cc1ncccn1. The fourth-order valence-corrected chi connectivity index (χ4v) is 0.917. The average Bonchev–Trinajstić information content (AvgIpc) is 2.23. The summed E-state index contributed by atoms with van der Waals surface area (Å²) in [5, 5.41) is 2.52. The van der Waals surface area contributed by atoms with E-state index in [-0.39, 0.29) is 6.54 Å². The quantitative estimate of drug-likeness (QED) is 0.744. The number of nitrogens with one attached hydrogen (secondary N) is 1. The summed E-state index contributed by atoms with van der Waals surface area (Å²) in [7, 11) is 0. The maximum Gasteiger partial charge on any atom is 0.408 e. The second-order valence-electron chi connectivity index (χ2n) is 4.23. The van der Waals surface area contributed by atoms with Gasteiger partial charge in [0.25, 0.3) is 0 Å². The molecule has 90 valence electrons. The maximum absolute atomic E-state index is 11.2. The molecule has 5 heteroatoms. The van der Waals surface area contributed by atoms with Crippen molar-refractivity contribution in [3.63, 3.8) is 0 Å². The van der Waals surface area contributed by atoms with Crippen molar-refractivity contribution in [3.05, 3.63) is 24.3 Å². The molecule has 0 radical (unpaired) electrons. The van der Waals surface area contributed by atoms with Crippen LogP contribution in [0.4, 0.5) is 4.79 Å². The molecule has 0 aromatic carbocycles. The van der Waals surface area contributed by atoms with E-state index in [1.807, 2.05) is 0 Å². The lowest BCUT2D eigenvalue weighted by Gasteiger charge is -2.18. The lowest BCUT2D eigenvalue weighted by atomic mass is 10.2. The van der Waals surface area contributed by atoms with Gasteiger partial charge in [-0.3, -0.25) is 0 Å². The van der Waals surface area contributed by atoms with Crippen molar-refractivity contribution in [1.82, 2.24) is 15.3 Å². The van der Waals surface area contributed by atoms with Gasteiger partial charge in [-0.1, -0.05) is 5.92 Å². The van der Waals surface area contributed by atoms with E-state index in [0.717, 1.165) is 0 Å². The Morgan fingerprint density at radius 3 is 2.65 bits per heavy atom. The van der Waals surface area contributed by atoms with Gasteiger partial charge in [0, 0.05) is 12.4 Å². The van der Waals surface area contributed by atoms with Crippen LogP contribution in [0.15, 0.2) is 18.5 Å². The first-order valence-electron chi connectivity index (χ1n) is 5.20. The van der Waals surface area contributed by atoms with E-state index in [4.69, 9.17) is 4.74 Å². The minimum Gasteiger partial charge on any atom is -0.444 e. The molecule has 0 atom stereocenters. The topological polar surface area (TPSA) is 64.1 Å². The van der Waals surface area contributed by atoms with E-state index in [2.05, 4.69) is 27.1 Å². The monoisotopic (exact) mass is 233 g/mol. The molecule has 0 saturated heterocycles. The first-order chi connectivity index (χ1) is 7.97. The number of ether oxygens (including phenoxy) is 1. The Labute approximate surface area is 101 Å². The van der Waals surface area contributed by atoms with E-state index >= 15 is 0 Å². The van der Waals surface area contributed by atoms with Gasteiger partial charge in [-0.15, -0.1) is 0 Å². The Hall–Kier alpha value is -2.09. The van der Waals surface area contributed by atoms with E-state index in [9.17, 15) is 4.79 Å². The third-order valence-electron chi connectivity index (χ3n) is 1.49. The molecule has 0 aliphatic heterocycles. The molecule has 5 nitrogen and oxygen atoms in total. The zero-order valence-corrected chi connectivity index (χ0v) is 10.2. The third-order valence-corrected chi connectivity index (χ3v) is 1.49. The minimum atomic E-state index is -0.500. The minimum absolute atomic E-state index is 0.202. The van der Waals surface area contributed by atoms with Gasteiger partial charge in [0.2, 0.25) is 5.82 Å². The van der Waals surface area contributed by atoms with Gasteiger partial charge < -0.3 is 10.1 Å². The highest BCUT2D eigenvalue weighted by atomic mass is 16.6. The molecule has 1 rings (SSSR count). The molecule has 0 saturated carbocycles. The number of amides is 1. The summed E-state index contributed by atoms with van der Waals surface area (Å²) in [5.41, 5.74) is -0.500. The molecule has 0 bridgehead atoms. The molecule has 0 spiro atoms. The number of alkyl carbamates (subject to hydrolysis) is 1. The van der Waals surface area contributed by atoms with Crippen LogP contribution in [-0.4, -0.2) is 28.2 Å². The van der Waals surface area contributed by atoms with E-state index in [1.54, 1.807) is 39.2 Å². The third kappa shape index (κ3) is 6.15. The Bertz CT molecular complexity index is 427. The van der Waals surface area contributed by atoms with Gasteiger partial charge in [-0.2, -0.15) is 0 Å². The molecular formula is C12H15N3O2. The molecule has 1 aromatic rings. The van der Waals surface area contributed by atoms with Crippen LogP contribution in [0, 0.1) is 11.8 Å². The summed E-state index contributed by atoms with van der Waals surface area (Å²) in [5.74, 6) is 5.88. The van der Waals surface area contributed by atoms with Crippen molar-refractivity contribution < 1.29 is 9.53 Å². The van der Waals surface area contributed by atoms with Gasteiger partial charge in [0.15, 0.2) is 0 Å². The molecule has 1 aromatic heterocycles. The van der Waals surface area contributed by atoms with Crippen LogP contribution >= 0.6 is 0 Å². The average molecular weight is 233 g/mol. The van der Waals surface area contributed by atoms with E-state index in [1.165, 1.54) is 0 Å². The second-order valence-corrected chi connectivity index (χ2v) is 4.23. The van der Waals surface area contributed by atoms with Crippen LogP contribution in [-0.2, 0) is 4.74 Å². The predicted octanol–water partition coefficient (Wildman–Crippen LogP) is 1.35. The fraction of sp³-hybridized carbons (Fsp3) is 0.417. The van der Waals surface area contributed by atoms with Crippen molar-refractivity contribution in [2.75, 3.05) is 6.54 Å². The summed E-state index contributed by atoms with van der Waals surface area (Å²) < 4.78 is 5.04. The van der Waals surface area contributed by atoms with E-state index < -0.39 is 11.7 Å². The number of rotatable bonds is 1. The summed E-state index contributed by atoms with van der Waals surface area (Å²) in [6.07, 6.45) is 2.73. The lowest BCUT2D eigenvalue weighted by Crippen LogP contribution is -2.32. The largest absolute Gasteiger partial charge is 0.444 e. The van der Waals surface area contributed by atoms with Crippen molar-refractivity contribution >= 4 is 6.09 Å². The highest BCUT2D eigenvalue weighted by Crippen LogP contribution is 2.05. The normalized spacial score (nSPS) is 10.1. The van der Waals surface area contributed by atoms with Gasteiger partial charge in [0.1, 0.15) is 5.60 Å². The highest BCUT2D eigenvalue weighted by molar-refractivity contribution is 5.68. The standard InChI is InChI=1S/C12H15N3O2/c1-12(2,3)17-11(16)15-7-4-6-10-13-8-5-9-14-10/h5,8-9H,7H2,1-3H3,(H,15,16). The summed E-state index contributed by atoms with van der Waals surface area (Å²) in [6.45, 7) is 5.61. The summed E-state index contributed by atoms with van der Waals surface area (Å²) in [6, 6.07) is 1.71. The molecule has 1 amide bonds. The number of nitrogens with zero attached hydrogens (tertiary/aromatic N) is 2. The van der Waals surface area contributed by atoms with Crippen LogP contribution in [0.5, 0.6) is 0 Å². The fourth-order valence-electron chi connectivity index (χ4n) is 0.917. The van der Waals surface area contributed by atoms with Gasteiger partial charge >= 0.3 is 6.09 Å². The number of hydrogen-bond donors (Lipinski definition) is 1. The molecule has 0 unspecified atom stereocenters. The van der Waals surface area contributed by atoms with Gasteiger partial charge in [0.05, 0.1) is 6.54 Å². The molecule has 1 heterocycles. The lowest BCUT2D eigenvalue weighted by molar-refractivity contribution is 0.0535. The zero-order valence-electron chi connectivity index (χ0n) is 10.2. The van der Waals surface area contributed by atoms with Crippen LogP contribution in [0.3, 0.4) is 0 Å². The summed E-state index contributed by atoms with van der Waals surface area (Å²) >= 11 is 0. The van der Waals surface area contributed by atoms with Crippen molar-refractivity contribution in [1.29, 1.82) is 0 Å². The van der Waals surface area contributed by atoms with Crippen molar-refractivity contribution in [3.8, 4) is 11.8 Å². The molecular weight excluding hydrogens is 218 g/mol. The molecule has 17 heavy (non-hydrogen) atoms. The molecule has 0 aliphatic carbocycles. The first kappa shape index (κ1) is 13.0. The van der Waals surface area contributed by atoms with Gasteiger partial charge in [-0.25, -0.2) is 14.8 Å². The number of carbonyl (C=O) groups is 1. The number of hydrogen-bond acceptors (Lipinski definition) is 4. The predicted molar refractivity (Wildman–Crippen MR) is 63.1 cm³/mol. The Kier molecular flexibility index (Phi) is 4.46. The molecule has 0 aliphatic rings. The van der Waals surface area contributed by atoms with Crippen LogP contribution < -0.4 is 5.32 Å². The van der Waals surface area contributed by atoms with Crippen LogP contribution in [0.1, 0.15) is 26.6 Å². The van der Waals surface area contributed by atoms with Gasteiger partial charge in [-0.05, 0) is 32.8 Å². The van der Waals surface area contributed by atoms with Crippen LogP contribution in [0.25, 0.3) is 0 Å². The van der Waals surface area contributed by atoms with Crippen molar-refractivity contribution in [2.45, 2.75) is 26.4 Å². The van der Waals surface area contributed by atoms with Crippen molar-refractivity contribution in [2.24, 2.45) is 0 Å². The first-order valence-corrected chi connectivity index (χ1v) is 5.20. The highest BCUT2D eigenvalue weighted by Gasteiger charge is 2.14. The Balaban J connectivity index is 2.34. The molecule has 1 N–H and O–H groups in total. The van der Waals surface area contributed by atoms with E-state index in [0.29, 0.717) is 5.82 Å². The number of aromatic nitrogens is 2. The smallest absolute Gasteiger partial charge is 0.408 e. The Morgan fingerprint density at radius 2 is 2.06 bits per heavy atom.